The van der Waals surface area contributed by atoms with Gasteiger partial charge in [-0.15, -0.1) is 0 Å². The molecule has 0 aromatic carbocycles. The maximum absolute atomic E-state index is 11.6. The molecule has 0 aliphatic heterocycles. The zero-order valence-electron chi connectivity index (χ0n) is 11.1. The van der Waals surface area contributed by atoms with Crippen LogP contribution in [-0.4, -0.2) is 23.0 Å². The number of carbonyl (C=O) groups is 2. The largest absolute Gasteiger partial charge is 0.444 e. The number of hydrogen-bond donors (Lipinski definition) is 1. The summed E-state index contributed by atoms with van der Waals surface area (Å²) in [6.07, 6.45) is 3.23. The summed E-state index contributed by atoms with van der Waals surface area (Å²) in [6, 6.07) is 1.04. The molecule has 1 unspecified atom stereocenters. The second-order valence-corrected chi connectivity index (χ2v) is 4.99. The Labute approximate surface area is 107 Å². The fraction of sp³-hybridized carbons (Fsp3) is 0.462. The Morgan fingerprint density at radius 2 is 2.17 bits per heavy atom. The van der Waals surface area contributed by atoms with Crippen LogP contribution in [0.3, 0.4) is 0 Å². The number of nitrogens with zero attached hydrogens (tertiary/aromatic N) is 1. The van der Waals surface area contributed by atoms with E-state index in [2.05, 4.69) is 10.3 Å². The summed E-state index contributed by atoms with van der Waals surface area (Å²) in [6.45, 7) is 7.14. The summed E-state index contributed by atoms with van der Waals surface area (Å²) >= 11 is 0. The molecule has 0 saturated heterocycles. The van der Waals surface area contributed by atoms with Crippen LogP contribution < -0.4 is 5.32 Å². The molecular formula is C13H18N2O3. The molecule has 0 fully saturated rings. The van der Waals surface area contributed by atoms with E-state index in [0.29, 0.717) is 11.8 Å². The number of carbonyl (C=O) groups excluding carboxylic acids is 2. The molecule has 1 N–H and O–H groups in total. The van der Waals surface area contributed by atoms with Crippen molar-refractivity contribution in [1.29, 1.82) is 0 Å². The van der Waals surface area contributed by atoms with E-state index >= 15 is 0 Å². The van der Waals surface area contributed by atoms with E-state index in [1.807, 2.05) is 6.92 Å². The molecule has 5 heteroatoms. The van der Waals surface area contributed by atoms with Crippen LogP contribution in [0.25, 0.3) is 0 Å². The van der Waals surface area contributed by atoms with E-state index in [1.54, 1.807) is 39.2 Å². The lowest BCUT2D eigenvalue weighted by Crippen LogP contribution is -2.35. The zero-order chi connectivity index (χ0) is 13.8. The highest BCUT2D eigenvalue weighted by molar-refractivity contribution is 5.74. The maximum atomic E-state index is 11.6. The molecule has 1 heterocycles. The Morgan fingerprint density at radius 3 is 2.67 bits per heavy atom. The summed E-state index contributed by atoms with van der Waals surface area (Å²) in [4.78, 5) is 26.6. The monoisotopic (exact) mass is 250 g/mol. The quantitative estimate of drug-likeness (QED) is 0.835. The molecule has 1 amide bonds. The Balaban J connectivity index is 2.78. The van der Waals surface area contributed by atoms with E-state index < -0.39 is 17.7 Å². The summed E-state index contributed by atoms with van der Waals surface area (Å²) in [5, 5.41) is 2.51. The van der Waals surface area contributed by atoms with E-state index in [9.17, 15) is 9.59 Å². The topological polar surface area (TPSA) is 68.3 Å². The smallest absolute Gasteiger partial charge is 0.408 e. The number of aromatic nitrogens is 1. The third kappa shape index (κ3) is 4.16. The molecule has 1 aromatic rings. The van der Waals surface area contributed by atoms with Gasteiger partial charge in [0.25, 0.3) is 0 Å². The molecule has 0 bridgehead atoms. The van der Waals surface area contributed by atoms with Gasteiger partial charge in [0, 0.05) is 18.0 Å². The summed E-state index contributed by atoms with van der Waals surface area (Å²) < 4.78 is 5.10. The van der Waals surface area contributed by atoms with Gasteiger partial charge in [0.05, 0.1) is 0 Å². The Bertz CT molecular complexity index is 438. The number of nitrogens with one attached hydrogen (secondary N) is 1. The molecule has 1 rings (SSSR count). The van der Waals surface area contributed by atoms with Crippen LogP contribution >= 0.6 is 0 Å². The molecule has 1 atom stereocenters. The van der Waals surface area contributed by atoms with Crippen molar-refractivity contribution in [3.8, 4) is 0 Å². The number of aryl methyl sites for hydroxylation is 1. The van der Waals surface area contributed by atoms with Crippen LogP contribution in [0.15, 0.2) is 18.5 Å². The molecule has 1 aromatic heterocycles. The first-order valence-corrected chi connectivity index (χ1v) is 5.69. The van der Waals surface area contributed by atoms with E-state index in [4.69, 9.17) is 4.74 Å². The van der Waals surface area contributed by atoms with Gasteiger partial charge in [-0.1, -0.05) is 0 Å². The highest BCUT2D eigenvalue weighted by Crippen LogP contribution is 2.15. The third-order valence-electron chi connectivity index (χ3n) is 2.22. The average molecular weight is 250 g/mol. The van der Waals surface area contributed by atoms with Gasteiger partial charge in [0.1, 0.15) is 17.9 Å². The lowest BCUT2D eigenvalue weighted by Gasteiger charge is -2.22. The van der Waals surface area contributed by atoms with Crippen molar-refractivity contribution >= 4 is 12.4 Å². The van der Waals surface area contributed by atoms with E-state index in [1.165, 1.54) is 0 Å². The number of hydrogen-bond acceptors (Lipinski definition) is 4. The van der Waals surface area contributed by atoms with Gasteiger partial charge >= 0.3 is 6.09 Å². The maximum Gasteiger partial charge on any atom is 0.408 e. The zero-order valence-corrected chi connectivity index (χ0v) is 11.1. The summed E-state index contributed by atoms with van der Waals surface area (Å²) in [5.74, 6) is 0. The van der Waals surface area contributed by atoms with Gasteiger partial charge in [-0.3, -0.25) is 4.98 Å². The predicted molar refractivity (Wildman–Crippen MR) is 67.1 cm³/mol. The Morgan fingerprint density at radius 1 is 1.50 bits per heavy atom. The number of pyridine rings is 1. The van der Waals surface area contributed by atoms with Crippen LogP contribution in [0.5, 0.6) is 0 Å². The second-order valence-electron chi connectivity index (χ2n) is 4.99. The fourth-order valence-corrected chi connectivity index (χ4v) is 1.42. The van der Waals surface area contributed by atoms with Gasteiger partial charge in [0.15, 0.2) is 0 Å². The van der Waals surface area contributed by atoms with Gasteiger partial charge in [-0.2, -0.15) is 0 Å². The Kier molecular flexibility index (Phi) is 4.42. The van der Waals surface area contributed by atoms with Crippen molar-refractivity contribution in [3.63, 3.8) is 0 Å². The van der Waals surface area contributed by atoms with E-state index in [-0.39, 0.29) is 0 Å². The number of alkyl carbamates (subject to hydrolysis) is 1. The molecular weight excluding hydrogens is 232 g/mol. The van der Waals surface area contributed by atoms with E-state index in [0.717, 1.165) is 5.56 Å². The van der Waals surface area contributed by atoms with Crippen molar-refractivity contribution in [2.75, 3.05) is 0 Å². The highest BCUT2D eigenvalue weighted by atomic mass is 16.6. The number of amides is 1. The van der Waals surface area contributed by atoms with Crippen molar-refractivity contribution in [3.05, 3.63) is 29.6 Å². The molecule has 0 aliphatic carbocycles. The number of rotatable bonds is 3. The Hall–Kier alpha value is -1.91. The highest BCUT2D eigenvalue weighted by Gasteiger charge is 2.21. The van der Waals surface area contributed by atoms with Gasteiger partial charge < -0.3 is 14.8 Å². The van der Waals surface area contributed by atoms with Gasteiger partial charge in [-0.05, 0) is 39.3 Å². The average Bonchev–Trinajstić information content (AvgIpc) is 2.24. The number of aldehydes is 1. The SMILES string of the molecule is Cc1ccncc1C(C=O)NC(=O)OC(C)(C)C. The fourth-order valence-electron chi connectivity index (χ4n) is 1.42. The van der Waals surface area contributed by atoms with Crippen molar-refractivity contribution in [2.24, 2.45) is 0 Å². The second kappa shape index (κ2) is 5.62. The van der Waals surface area contributed by atoms with Gasteiger partial charge in [-0.25, -0.2) is 4.79 Å². The van der Waals surface area contributed by atoms with Crippen LogP contribution in [0.1, 0.15) is 37.9 Å². The van der Waals surface area contributed by atoms with Crippen LogP contribution in [0, 0.1) is 6.92 Å². The van der Waals surface area contributed by atoms with Crippen LogP contribution in [-0.2, 0) is 9.53 Å². The molecule has 5 nitrogen and oxygen atoms in total. The first-order chi connectivity index (χ1) is 8.33. The van der Waals surface area contributed by atoms with Crippen molar-refractivity contribution in [2.45, 2.75) is 39.3 Å². The minimum atomic E-state index is -0.742. The number of ether oxygens (including phenoxy) is 1. The molecule has 18 heavy (non-hydrogen) atoms. The molecule has 0 radical (unpaired) electrons. The molecule has 0 saturated carbocycles. The summed E-state index contributed by atoms with van der Waals surface area (Å²) in [7, 11) is 0. The summed E-state index contributed by atoms with van der Waals surface area (Å²) in [5.41, 5.74) is 0.957. The minimum absolute atomic E-state index is 0.596. The predicted octanol–water partition coefficient (Wildman–Crippen LogP) is 2.15. The molecule has 0 spiro atoms. The van der Waals surface area contributed by atoms with Crippen molar-refractivity contribution in [1.82, 2.24) is 10.3 Å². The van der Waals surface area contributed by atoms with Crippen LogP contribution in [0.4, 0.5) is 4.79 Å². The van der Waals surface area contributed by atoms with Crippen LogP contribution in [0.2, 0.25) is 0 Å². The standard InChI is InChI=1S/C13H18N2O3/c1-9-5-6-14-7-10(9)11(8-16)15-12(17)18-13(2,3)4/h5-8,11H,1-4H3,(H,15,17). The molecule has 98 valence electrons. The third-order valence-corrected chi connectivity index (χ3v) is 2.22. The first kappa shape index (κ1) is 14.2. The first-order valence-electron chi connectivity index (χ1n) is 5.69. The van der Waals surface area contributed by atoms with Gasteiger partial charge in [0.2, 0.25) is 0 Å². The normalized spacial score (nSPS) is 12.7. The lowest BCUT2D eigenvalue weighted by atomic mass is 10.1. The molecule has 0 aliphatic rings. The lowest BCUT2D eigenvalue weighted by molar-refractivity contribution is -0.109. The minimum Gasteiger partial charge on any atom is -0.444 e. The van der Waals surface area contributed by atoms with Crippen molar-refractivity contribution < 1.29 is 14.3 Å².